The largest absolute Gasteiger partial charge is 0.416 e. The Morgan fingerprint density at radius 1 is 1.25 bits per heavy atom. The first-order valence-electron chi connectivity index (χ1n) is 12.0. The van der Waals surface area contributed by atoms with Gasteiger partial charge >= 0.3 is 6.18 Å². The van der Waals surface area contributed by atoms with Crippen LogP contribution in [0.3, 0.4) is 0 Å². The van der Waals surface area contributed by atoms with Gasteiger partial charge in [-0.25, -0.2) is 14.4 Å². The molecule has 3 atom stereocenters. The standard InChI is InChI=1S/C25H31F4N5O2/c1-24(2)20(32-18-5-3-4-17(12-18)25(27,28)29)7-6-16(22(24)35)13-30-15-21-31-14-19(26)23(33-21)34-8-10-36-11-9-34/h3-5,12-14,16,20,22,32,35H,6-11,15H2,1-2H3. The fourth-order valence-electron chi connectivity index (χ4n) is 4.78. The molecule has 0 spiro atoms. The van der Waals surface area contributed by atoms with E-state index in [9.17, 15) is 22.7 Å². The number of morpholine rings is 1. The lowest BCUT2D eigenvalue weighted by Crippen LogP contribution is -2.52. The minimum atomic E-state index is -4.42. The van der Waals surface area contributed by atoms with Crippen LogP contribution in [-0.2, 0) is 17.5 Å². The summed E-state index contributed by atoms with van der Waals surface area (Å²) in [5.41, 5.74) is -0.975. The number of hydrogen-bond donors (Lipinski definition) is 2. The van der Waals surface area contributed by atoms with E-state index < -0.39 is 29.1 Å². The van der Waals surface area contributed by atoms with Gasteiger partial charge in [0.2, 0.25) is 0 Å². The van der Waals surface area contributed by atoms with Gasteiger partial charge in [-0.2, -0.15) is 13.2 Å². The number of nitrogens with zero attached hydrogens (tertiary/aromatic N) is 4. The number of aliphatic hydroxyl groups is 1. The number of anilines is 2. The maximum Gasteiger partial charge on any atom is 0.416 e. The fraction of sp³-hybridized carbons (Fsp3) is 0.560. The second-order valence-corrected chi connectivity index (χ2v) is 9.83. The summed E-state index contributed by atoms with van der Waals surface area (Å²) in [6.07, 6.45) is -1.10. The first kappa shape index (κ1) is 26.3. The van der Waals surface area contributed by atoms with Crippen molar-refractivity contribution < 1.29 is 27.4 Å². The Kier molecular flexibility index (Phi) is 7.79. The Morgan fingerprint density at radius 3 is 2.72 bits per heavy atom. The number of hydrogen-bond acceptors (Lipinski definition) is 7. The van der Waals surface area contributed by atoms with Gasteiger partial charge in [-0.1, -0.05) is 19.9 Å². The van der Waals surface area contributed by atoms with E-state index in [4.69, 9.17) is 4.74 Å². The Morgan fingerprint density at radius 2 is 2.00 bits per heavy atom. The minimum absolute atomic E-state index is 0.146. The molecular formula is C25H31F4N5O2. The van der Waals surface area contributed by atoms with Crippen LogP contribution in [0.4, 0.5) is 29.1 Å². The average molecular weight is 510 g/mol. The van der Waals surface area contributed by atoms with Crippen molar-refractivity contribution in [2.24, 2.45) is 16.3 Å². The second kappa shape index (κ2) is 10.7. The van der Waals surface area contributed by atoms with Gasteiger partial charge in [-0.3, -0.25) is 4.99 Å². The summed E-state index contributed by atoms with van der Waals surface area (Å²) >= 11 is 0. The molecule has 2 fully saturated rings. The van der Waals surface area contributed by atoms with Crippen molar-refractivity contribution in [2.45, 2.75) is 51.6 Å². The second-order valence-electron chi connectivity index (χ2n) is 9.83. The van der Waals surface area contributed by atoms with Crippen LogP contribution in [-0.4, -0.2) is 59.7 Å². The Labute approximate surface area is 207 Å². The number of rotatable bonds is 6. The highest BCUT2D eigenvalue weighted by Gasteiger charge is 2.44. The van der Waals surface area contributed by atoms with Gasteiger partial charge < -0.3 is 20.1 Å². The highest BCUT2D eigenvalue weighted by atomic mass is 19.4. The zero-order valence-electron chi connectivity index (χ0n) is 20.3. The molecule has 1 aliphatic carbocycles. The molecule has 0 bridgehead atoms. The smallest absolute Gasteiger partial charge is 0.392 e. The van der Waals surface area contributed by atoms with Crippen LogP contribution < -0.4 is 10.2 Å². The van der Waals surface area contributed by atoms with E-state index in [1.54, 1.807) is 12.3 Å². The molecule has 3 unspecified atom stereocenters. The first-order valence-corrected chi connectivity index (χ1v) is 12.0. The number of aromatic nitrogens is 2. The number of ether oxygens (including phenoxy) is 1. The summed E-state index contributed by atoms with van der Waals surface area (Å²) in [4.78, 5) is 14.6. The van der Waals surface area contributed by atoms with Gasteiger partial charge in [0.1, 0.15) is 0 Å². The van der Waals surface area contributed by atoms with Crippen molar-refractivity contribution in [2.75, 3.05) is 36.5 Å². The van der Waals surface area contributed by atoms with E-state index >= 15 is 0 Å². The molecule has 196 valence electrons. The summed E-state index contributed by atoms with van der Waals surface area (Å²) in [6.45, 7) is 6.05. The molecular weight excluding hydrogens is 478 g/mol. The van der Waals surface area contributed by atoms with E-state index in [0.717, 1.165) is 18.3 Å². The number of aliphatic imine (C=N–C) groups is 1. The van der Waals surface area contributed by atoms with Crippen LogP contribution >= 0.6 is 0 Å². The maximum atomic E-state index is 14.2. The van der Waals surface area contributed by atoms with E-state index in [2.05, 4.69) is 20.3 Å². The maximum absolute atomic E-state index is 14.2. The van der Waals surface area contributed by atoms with Gasteiger partial charge in [-0.05, 0) is 31.0 Å². The van der Waals surface area contributed by atoms with Gasteiger partial charge in [0.15, 0.2) is 17.5 Å². The van der Waals surface area contributed by atoms with Gasteiger partial charge in [0.05, 0.1) is 37.6 Å². The number of nitrogens with one attached hydrogen (secondary N) is 1. The molecule has 1 aromatic heterocycles. The quantitative estimate of drug-likeness (QED) is 0.446. The lowest BCUT2D eigenvalue weighted by Gasteiger charge is -2.46. The monoisotopic (exact) mass is 509 g/mol. The summed E-state index contributed by atoms with van der Waals surface area (Å²) in [6, 6.07) is 4.86. The number of benzene rings is 1. The Balaban J connectivity index is 1.39. The topological polar surface area (TPSA) is 82.9 Å². The predicted octanol–water partition coefficient (Wildman–Crippen LogP) is 4.32. The molecule has 1 aliphatic heterocycles. The normalized spacial score (nSPS) is 24.8. The highest BCUT2D eigenvalue weighted by molar-refractivity contribution is 5.62. The summed E-state index contributed by atoms with van der Waals surface area (Å²) in [5, 5.41) is 14.3. The molecule has 1 saturated carbocycles. The summed E-state index contributed by atoms with van der Waals surface area (Å²) in [7, 11) is 0. The Bertz CT molecular complexity index is 1070. The van der Waals surface area contributed by atoms with Gasteiger partial charge in [0.25, 0.3) is 0 Å². The Hall–Kier alpha value is -2.79. The third-order valence-corrected chi connectivity index (χ3v) is 7.00. The third-order valence-electron chi connectivity index (χ3n) is 7.00. The van der Waals surface area contributed by atoms with E-state index in [-0.39, 0.29) is 24.3 Å². The molecule has 1 saturated heterocycles. The number of aliphatic hydroxyl groups excluding tert-OH is 1. The van der Waals surface area contributed by atoms with Crippen LogP contribution in [0.15, 0.2) is 35.5 Å². The highest BCUT2D eigenvalue weighted by Crippen LogP contribution is 2.41. The lowest BCUT2D eigenvalue weighted by atomic mass is 9.66. The van der Waals surface area contributed by atoms with E-state index in [1.165, 1.54) is 6.07 Å². The molecule has 2 heterocycles. The van der Waals surface area contributed by atoms with Gasteiger partial charge in [0, 0.05) is 42.4 Å². The average Bonchev–Trinajstić information content (AvgIpc) is 2.85. The number of alkyl halides is 3. The SMILES string of the molecule is CC1(C)C(Nc2cccc(C(F)(F)F)c2)CCC(C=NCc2ncc(F)c(N3CCOCC3)n2)C1O. The third kappa shape index (κ3) is 5.95. The minimum Gasteiger partial charge on any atom is -0.392 e. The zero-order valence-corrected chi connectivity index (χ0v) is 20.3. The summed E-state index contributed by atoms with van der Waals surface area (Å²) < 4.78 is 58.8. The zero-order chi connectivity index (χ0) is 25.9. The van der Waals surface area contributed by atoms with Gasteiger partial charge in [-0.15, -0.1) is 0 Å². The molecule has 0 radical (unpaired) electrons. The van der Waals surface area contributed by atoms with Crippen molar-refractivity contribution in [3.05, 3.63) is 47.7 Å². The van der Waals surface area contributed by atoms with Crippen LogP contribution in [0.2, 0.25) is 0 Å². The first-order chi connectivity index (χ1) is 17.1. The van der Waals surface area contributed by atoms with Crippen molar-refractivity contribution in [3.8, 4) is 0 Å². The molecule has 7 nitrogen and oxygen atoms in total. The van der Waals surface area contributed by atoms with Crippen molar-refractivity contribution in [1.82, 2.24) is 9.97 Å². The van der Waals surface area contributed by atoms with Crippen LogP contribution in [0, 0.1) is 17.2 Å². The van der Waals surface area contributed by atoms with Crippen molar-refractivity contribution in [1.29, 1.82) is 0 Å². The molecule has 2 aliphatic rings. The van der Waals surface area contributed by atoms with Crippen LogP contribution in [0.25, 0.3) is 0 Å². The molecule has 4 rings (SSSR count). The van der Waals surface area contributed by atoms with E-state index in [1.807, 2.05) is 18.7 Å². The lowest BCUT2D eigenvalue weighted by molar-refractivity contribution is -0.137. The predicted molar refractivity (Wildman–Crippen MR) is 129 cm³/mol. The van der Waals surface area contributed by atoms with Crippen molar-refractivity contribution in [3.63, 3.8) is 0 Å². The molecule has 36 heavy (non-hydrogen) atoms. The van der Waals surface area contributed by atoms with Crippen molar-refractivity contribution >= 4 is 17.7 Å². The van der Waals surface area contributed by atoms with Crippen LogP contribution in [0.1, 0.15) is 38.1 Å². The molecule has 11 heteroatoms. The molecule has 1 aromatic carbocycles. The van der Waals surface area contributed by atoms with Crippen LogP contribution in [0.5, 0.6) is 0 Å². The molecule has 2 N–H and O–H groups in total. The summed E-state index contributed by atoms with van der Waals surface area (Å²) in [5.74, 6) is -0.115. The molecule has 0 amide bonds. The number of halogens is 4. The molecule has 2 aromatic rings. The van der Waals surface area contributed by atoms with E-state index in [0.29, 0.717) is 50.7 Å². The fourth-order valence-corrected chi connectivity index (χ4v) is 4.78.